The van der Waals surface area contributed by atoms with Crippen molar-refractivity contribution in [2.75, 3.05) is 19.0 Å². The molecular formula is C31H36FN3O5S. The molecule has 0 bridgehead atoms. The van der Waals surface area contributed by atoms with E-state index < -0.39 is 28.7 Å². The second-order valence-electron chi connectivity index (χ2n) is 11.7. The third-order valence-electron chi connectivity index (χ3n) is 9.26. The van der Waals surface area contributed by atoms with Crippen LogP contribution in [0.3, 0.4) is 0 Å². The molecule has 1 heterocycles. The largest absolute Gasteiger partial charge is 0.497 e. The molecule has 5 unspecified atom stereocenters. The van der Waals surface area contributed by atoms with Crippen molar-refractivity contribution in [3.63, 3.8) is 0 Å². The van der Waals surface area contributed by atoms with Crippen LogP contribution in [0.25, 0.3) is 0 Å². The second-order valence-corrected chi connectivity index (χ2v) is 12.7. The van der Waals surface area contributed by atoms with Gasteiger partial charge in [-0.15, -0.1) is 11.3 Å². The molecule has 0 spiro atoms. The van der Waals surface area contributed by atoms with E-state index in [2.05, 4.69) is 17.6 Å². The minimum Gasteiger partial charge on any atom is -0.497 e. The maximum absolute atomic E-state index is 13.4. The molecule has 0 saturated heterocycles. The number of aliphatic hydroxyl groups is 2. The fourth-order valence-electron chi connectivity index (χ4n) is 6.67. The van der Waals surface area contributed by atoms with Gasteiger partial charge in [-0.05, 0) is 72.6 Å². The summed E-state index contributed by atoms with van der Waals surface area (Å²) in [7, 11) is 1.60. The van der Waals surface area contributed by atoms with E-state index in [1.165, 1.54) is 35.6 Å². The van der Waals surface area contributed by atoms with Gasteiger partial charge in [0.05, 0.1) is 25.5 Å². The highest BCUT2D eigenvalue weighted by molar-refractivity contribution is 7.15. The Balaban J connectivity index is 1.42. The Kier molecular flexibility index (Phi) is 8.18. The smallest absolute Gasteiger partial charge is 0.257 e. The van der Waals surface area contributed by atoms with E-state index in [0.717, 1.165) is 21.9 Å². The number of benzene rings is 2. The first kappa shape index (κ1) is 29.2. The van der Waals surface area contributed by atoms with Gasteiger partial charge in [0.1, 0.15) is 11.6 Å². The first-order valence-electron chi connectivity index (χ1n) is 13.8. The third kappa shape index (κ3) is 5.60. The van der Waals surface area contributed by atoms with Crippen molar-refractivity contribution in [3.8, 4) is 5.75 Å². The Bertz CT molecular complexity index is 1410. The molecule has 218 valence electrons. The number of hydrogen-bond acceptors (Lipinski definition) is 7. The van der Waals surface area contributed by atoms with E-state index in [-0.39, 0.29) is 30.8 Å². The highest BCUT2D eigenvalue weighted by atomic mass is 32.1. The average Bonchev–Trinajstić information content (AvgIpc) is 3.37. The van der Waals surface area contributed by atoms with Crippen LogP contribution in [0.15, 0.2) is 48.5 Å². The molecule has 2 aliphatic carbocycles. The van der Waals surface area contributed by atoms with Gasteiger partial charge in [-0.3, -0.25) is 14.9 Å². The first-order valence-corrected chi connectivity index (χ1v) is 14.6. The highest BCUT2D eigenvalue weighted by Crippen LogP contribution is 2.62. The van der Waals surface area contributed by atoms with Gasteiger partial charge in [-0.25, -0.2) is 9.37 Å². The van der Waals surface area contributed by atoms with Crippen LogP contribution in [0.4, 0.5) is 9.52 Å². The van der Waals surface area contributed by atoms with E-state index in [9.17, 15) is 24.2 Å². The summed E-state index contributed by atoms with van der Waals surface area (Å²) in [5.74, 6) is -0.588. The van der Waals surface area contributed by atoms with E-state index in [1.807, 2.05) is 31.2 Å². The molecule has 0 radical (unpaired) electrons. The minimum atomic E-state index is -0.746. The fourth-order valence-corrected chi connectivity index (χ4v) is 7.73. The van der Waals surface area contributed by atoms with Gasteiger partial charge >= 0.3 is 0 Å². The molecule has 5 atom stereocenters. The number of nitrogens with one attached hydrogen (secondary N) is 2. The zero-order chi connectivity index (χ0) is 29.4. The molecule has 10 heteroatoms. The lowest BCUT2D eigenvalue weighted by molar-refractivity contribution is -0.144. The van der Waals surface area contributed by atoms with Crippen molar-refractivity contribution in [1.82, 2.24) is 10.3 Å². The lowest BCUT2D eigenvalue weighted by atomic mass is 9.47. The molecular weight excluding hydrogens is 545 g/mol. The third-order valence-corrected chi connectivity index (χ3v) is 10.3. The summed E-state index contributed by atoms with van der Waals surface area (Å²) in [5.41, 5.74) is 0.878. The molecule has 1 aromatic heterocycles. The molecule has 8 nitrogen and oxygen atoms in total. The van der Waals surface area contributed by atoms with Gasteiger partial charge in [0, 0.05) is 34.7 Å². The van der Waals surface area contributed by atoms with Gasteiger partial charge in [0.2, 0.25) is 5.91 Å². The summed E-state index contributed by atoms with van der Waals surface area (Å²) in [6.45, 7) is 4.25. The van der Waals surface area contributed by atoms with Crippen LogP contribution in [0.5, 0.6) is 5.75 Å². The van der Waals surface area contributed by atoms with E-state index in [1.54, 1.807) is 7.11 Å². The van der Waals surface area contributed by atoms with Gasteiger partial charge < -0.3 is 20.3 Å². The zero-order valence-corrected chi connectivity index (χ0v) is 24.3. The molecule has 2 aliphatic rings. The maximum Gasteiger partial charge on any atom is 0.257 e. The molecule has 3 aromatic rings. The molecule has 1 saturated carbocycles. The standard InChI is InChI=1S/C31H36FN3O5S/c1-30-13-12-25(37)31(2,17-36)24(30)15-23-27(34-29(41-23)35-28(39)19-6-8-20(32)9-7-19)22(30)14-26(38)33-16-18-4-10-21(40-3)11-5-18/h4-11,22,24-25,36-37H,12-17H2,1-3H3,(H,33,38)(H,34,35,39). The Morgan fingerprint density at radius 1 is 1.15 bits per heavy atom. The van der Waals surface area contributed by atoms with Gasteiger partial charge in [0.15, 0.2) is 5.13 Å². The molecule has 4 N–H and O–H groups in total. The van der Waals surface area contributed by atoms with Gasteiger partial charge in [-0.1, -0.05) is 26.0 Å². The lowest BCUT2D eigenvalue weighted by Gasteiger charge is -2.58. The molecule has 0 aliphatic heterocycles. The molecule has 5 rings (SSSR count). The predicted octanol–water partition coefficient (Wildman–Crippen LogP) is 4.67. The molecule has 41 heavy (non-hydrogen) atoms. The summed E-state index contributed by atoms with van der Waals surface area (Å²) < 4.78 is 18.6. The number of aromatic nitrogens is 1. The van der Waals surface area contributed by atoms with Crippen LogP contribution in [0, 0.1) is 22.6 Å². The number of carbonyl (C=O) groups excluding carboxylic acids is 2. The van der Waals surface area contributed by atoms with Crippen LogP contribution in [0.1, 0.15) is 65.5 Å². The first-order chi connectivity index (χ1) is 19.6. The van der Waals surface area contributed by atoms with Gasteiger partial charge in [-0.2, -0.15) is 0 Å². The molecule has 1 fully saturated rings. The topological polar surface area (TPSA) is 121 Å². The summed E-state index contributed by atoms with van der Waals surface area (Å²) in [6, 6.07) is 12.8. The number of fused-ring (bicyclic) bond motifs is 2. The van der Waals surface area contributed by atoms with Crippen molar-refractivity contribution < 1.29 is 28.9 Å². The van der Waals surface area contributed by atoms with Crippen LogP contribution >= 0.6 is 11.3 Å². The summed E-state index contributed by atoms with van der Waals surface area (Å²) in [6.07, 6.45) is 1.29. The average molecular weight is 582 g/mol. The minimum absolute atomic E-state index is 0.100. The summed E-state index contributed by atoms with van der Waals surface area (Å²) in [5, 5.41) is 27.7. The van der Waals surface area contributed by atoms with Crippen molar-refractivity contribution in [2.45, 2.75) is 58.1 Å². The normalized spacial score (nSPS) is 26.9. The van der Waals surface area contributed by atoms with E-state index in [4.69, 9.17) is 9.72 Å². The van der Waals surface area contributed by atoms with E-state index in [0.29, 0.717) is 36.5 Å². The second kappa shape index (κ2) is 11.5. The van der Waals surface area contributed by atoms with Crippen molar-refractivity contribution >= 4 is 28.3 Å². The number of ether oxygens (including phenoxy) is 1. The SMILES string of the molecule is COc1ccc(CNC(=O)CC2c3nc(NC(=O)c4ccc(F)cc4)sc3CC3C(C)(CO)C(O)CCC23C)cc1. The Labute approximate surface area is 243 Å². The van der Waals surface area contributed by atoms with Crippen molar-refractivity contribution in [3.05, 3.63) is 76.0 Å². The Hall–Kier alpha value is -3.34. The lowest BCUT2D eigenvalue weighted by Crippen LogP contribution is -2.57. The summed E-state index contributed by atoms with van der Waals surface area (Å²) in [4.78, 5) is 32.0. The number of halogens is 1. The maximum atomic E-state index is 13.4. The number of anilines is 1. The number of methoxy groups -OCH3 is 1. The zero-order valence-electron chi connectivity index (χ0n) is 23.4. The number of aliphatic hydroxyl groups excluding tert-OH is 2. The van der Waals surface area contributed by atoms with Crippen molar-refractivity contribution in [1.29, 1.82) is 0 Å². The Morgan fingerprint density at radius 3 is 2.51 bits per heavy atom. The number of hydrogen-bond donors (Lipinski definition) is 4. The fraction of sp³-hybridized carbons (Fsp3) is 0.452. The van der Waals surface area contributed by atoms with Gasteiger partial charge in [0.25, 0.3) is 5.91 Å². The number of carbonyl (C=O) groups is 2. The van der Waals surface area contributed by atoms with Crippen molar-refractivity contribution in [2.24, 2.45) is 16.7 Å². The van der Waals surface area contributed by atoms with Crippen LogP contribution in [-0.4, -0.2) is 46.8 Å². The van der Waals surface area contributed by atoms with Crippen LogP contribution in [0.2, 0.25) is 0 Å². The highest BCUT2D eigenvalue weighted by Gasteiger charge is 2.59. The number of amides is 2. The quantitative estimate of drug-likeness (QED) is 0.307. The molecule has 2 amide bonds. The number of nitrogens with zero attached hydrogens (tertiary/aromatic N) is 1. The Morgan fingerprint density at radius 2 is 1.85 bits per heavy atom. The summed E-state index contributed by atoms with van der Waals surface area (Å²) >= 11 is 1.35. The predicted molar refractivity (Wildman–Crippen MR) is 154 cm³/mol. The van der Waals surface area contributed by atoms with E-state index >= 15 is 0 Å². The van der Waals surface area contributed by atoms with Crippen LogP contribution in [-0.2, 0) is 17.8 Å². The molecule has 2 aromatic carbocycles. The number of thiazole rings is 1. The monoisotopic (exact) mass is 581 g/mol. The van der Waals surface area contributed by atoms with Crippen LogP contribution < -0.4 is 15.4 Å². The number of rotatable bonds is 8.